The Hall–Kier alpha value is -2.97. The predicted octanol–water partition coefficient (Wildman–Crippen LogP) is 7.26. The Bertz CT molecular complexity index is 1570. The molecule has 166 valence electrons. The largest absolute Gasteiger partial charge is 0.503 e. The van der Waals surface area contributed by atoms with Crippen LogP contribution >= 0.6 is 46.1 Å². The lowest BCUT2D eigenvalue weighted by Crippen LogP contribution is -2.04. The topological polar surface area (TPSA) is 88.5 Å². The van der Waals surface area contributed by atoms with Crippen LogP contribution in [0.1, 0.15) is 21.9 Å². The Morgan fingerprint density at radius 1 is 1.03 bits per heavy atom. The number of nitrogens with zero attached hydrogens (tertiary/aromatic N) is 2. The smallest absolute Gasteiger partial charge is 0.242 e. The van der Waals surface area contributed by atoms with Gasteiger partial charge in [0.05, 0.1) is 31.0 Å². The molecule has 0 bridgehead atoms. The quantitative estimate of drug-likeness (QED) is 0.244. The fourth-order valence-electron chi connectivity index (χ4n) is 3.54. The second-order valence-corrected chi connectivity index (χ2v) is 9.41. The second kappa shape index (κ2) is 8.11. The lowest BCUT2D eigenvalue weighted by Gasteiger charge is -2.10. The third-order valence-corrected chi connectivity index (χ3v) is 7.10. The summed E-state index contributed by atoms with van der Waals surface area (Å²) in [6, 6.07) is 13.2. The number of thiazole rings is 1. The molecule has 0 saturated heterocycles. The van der Waals surface area contributed by atoms with Crippen LogP contribution in [0.2, 0.25) is 15.1 Å². The Balaban J connectivity index is 1.84. The van der Waals surface area contributed by atoms with E-state index in [1.165, 1.54) is 22.0 Å². The number of para-hydroxylation sites is 1. The Morgan fingerprint density at radius 3 is 2.48 bits per heavy atom. The highest BCUT2D eigenvalue weighted by Gasteiger charge is 2.32. The molecule has 0 fully saturated rings. The molecule has 0 radical (unpaired) electrons. The van der Waals surface area contributed by atoms with Crippen molar-refractivity contribution < 1.29 is 19.4 Å². The van der Waals surface area contributed by atoms with Crippen molar-refractivity contribution in [3.05, 3.63) is 80.7 Å². The van der Waals surface area contributed by atoms with E-state index in [1.54, 1.807) is 43.3 Å². The summed E-state index contributed by atoms with van der Waals surface area (Å²) in [7, 11) is 0. The summed E-state index contributed by atoms with van der Waals surface area (Å²) in [6.07, 6.45) is 0. The van der Waals surface area contributed by atoms with Gasteiger partial charge in [0.15, 0.2) is 16.6 Å². The van der Waals surface area contributed by atoms with Gasteiger partial charge in [-0.3, -0.25) is 9.36 Å². The van der Waals surface area contributed by atoms with Crippen molar-refractivity contribution in [1.82, 2.24) is 9.55 Å². The van der Waals surface area contributed by atoms with Gasteiger partial charge >= 0.3 is 0 Å². The van der Waals surface area contributed by atoms with Gasteiger partial charge in [-0.05, 0) is 43.3 Å². The lowest BCUT2D eigenvalue weighted by atomic mass is 10.0. The maximum absolute atomic E-state index is 13.4. The maximum Gasteiger partial charge on any atom is 0.242 e. The van der Waals surface area contributed by atoms with Gasteiger partial charge in [0.2, 0.25) is 11.7 Å². The van der Waals surface area contributed by atoms with Crippen molar-refractivity contribution in [2.45, 2.75) is 6.92 Å². The molecule has 0 aliphatic heterocycles. The first kappa shape index (κ1) is 21.9. The summed E-state index contributed by atoms with van der Waals surface area (Å²) in [4.78, 5) is 17.9. The van der Waals surface area contributed by atoms with E-state index in [0.29, 0.717) is 32.0 Å². The van der Waals surface area contributed by atoms with Crippen LogP contribution in [-0.2, 0) is 0 Å². The average molecular weight is 520 g/mol. The Morgan fingerprint density at radius 2 is 1.82 bits per heavy atom. The fraction of sp³-hybridized carbons (Fsp3) is 0.0435. The monoisotopic (exact) mass is 518 g/mol. The molecule has 5 rings (SSSR count). The average Bonchev–Trinajstić information content (AvgIpc) is 3.47. The first-order valence-electron chi connectivity index (χ1n) is 9.55. The van der Waals surface area contributed by atoms with Crippen LogP contribution in [0.5, 0.6) is 11.6 Å². The Labute approximate surface area is 206 Å². The molecule has 6 nitrogen and oxygen atoms in total. The molecule has 0 aliphatic rings. The number of carbonyl (C=O) groups is 1. The molecule has 0 unspecified atom stereocenters. The van der Waals surface area contributed by atoms with Crippen LogP contribution < -0.4 is 0 Å². The number of halogens is 3. The number of rotatable bonds is 4. The van der Waals surface area contributed by atoms with Crippen molar-refractivity contribution in [1.29, 1.82) is 0 Å². The normalized spacial score (nSPS) is 11.4. The van der Waals surface area contributed by atoms with Crippen LogP contribution in [0, 0.1) is 6.92 Å². The molecule has 3 heterocycles. The van der Waals surface area contributed by atoms with Gasteiger partial charge in [-0.15, -0.1) is 0 Å². The number of ketones is 1. The summed E-state index contributed by atoms with van der Waals surface area (Å²) in [5, 5.41) is 23.1. The van der Waals surface area contributed by atoms with Gasteiger partial charge in [0, 0.05) is 5.56 Å². The molecule has 10 heteroatoms. The molecule has 0 aliphatic carbocycles. The summed E-state index contributed by atoms with van der Waals surface area (Å²) >= 11 is 19.9. The number of aromatic nitrogens is 2. The molecule has 0 amide bonds. The first-order chi connectivity index (χ1) is 15.8. The van der Waals surface area contributed by atoms with E-state index in [2.05, 4.69) is 4.98 Å². The predicted molar refractivity (Wildman–Crippen MR) is 130 cm³/mol. The standard InChI is InChI=1S/C23H13Cl3N2O4S/c1-10-5-8-15(32-10)20(29)17-19(11-6-7-12(24)14(26)9-11)28(22(31)21(17)30)23-27-18-13(25)3-2-4-16(18)33-23/h2-9,30-31H,1H3. The zero-order valence-electron chi connectivity index (χ0n) is 16.8. The van der Waals surface area contributed by atoms with E-state index in [0.717, 1.165) is 4.70 Å². The molecule has 5 aromatic rings. The van der Waals surface area contributed by atoms with Crippen molar-refractivity contribution in [2.24, 2.45) is 0 Å². The van der Waals surface area contributed by atoms with E-state index >= 15 is 0 Å². The molecule has 3 aromatic heterocycles. The third kappa shape index (κ3) is 3.57. The zero-order valence-corrected chi connectivity index (χ0v) is 19.9. The second-order valence-electron chi connectivity index (χ2n) is 7.18. The first-order valence-corrected chi connectivity index (χ1v) is 11.5. The van der Waals surface area contributed by atoms with Crippen LogP contribution in [0.3, 0.4) is 0 Å². The number of furan rings is 1. The number of aromatic hydroxyl groups is 2. The number of carbonyl (C=O) groups excluding carboxylic acids is 1. The van der Waals surface area contributed by atoms with Crippen LogP contribution in [-0.4, -0.2) is 25.5 Å². The SMILES string of the molecule is Cc1ccc(C(=O)c2c(O)c(O)n(-c3nc4c(Cl)cccc4s3)c2-c2ccc(Cl)c(Cl)c2)o1. The molecule has 0 atom stereocenters. The number of hydrogen-bond donors (Lipinski definition) is 2. The number of benzene rings is 2. The molecule has 2 aromatic carbocycles. The molecule has 33 heavy (non-hydrogen) atoms. The summed E-state index contributed by atoms with van der Waals surface area (Å²) in [5.41, 5.74) is 0.974. The van der Waals surface area contributed by atoms with Crippen molar-refractivity contribution in [3.8, 4) is 28.0 Å². The van der Waals surface area contributed by atoms with Gasteiger partial charge in [0.25, 0.3) is 0 Å². The van der Waals surface area contributed by atoms with Gasteiger partial charge in [-0.1, -0.05) is 58.3 Å². The number of aryl methyl sites for hydroxylation is 1. The zero-order chi connectivity index (χ0) is 23.4. The van der Waals surface area contributed by atoms with E-state index in [1.807, 2.05) is 6.07 Å². The van der Waals surface area contributed by atoms with Gasteiger partial charge in [-0.2, -0.15) is 0 Å². The molecule has 2 N–H and O–H groups in total. The van der Waals surface area contributed by atoms with Gasteiger partial charge in [-0.25, -0.2) is 4.98 Å². The van der Waals surface area contributed by atoms with E-state index in [4.69, 9.17) is 39.2 Å². The summed E-state index contributed by atoms with van der Waals surface area (Å²) < 4.78 is 7.53. The Kier molecular flexibility index (Phi) is 5.37. The molecule has 0 saturated carbocycles. The maximum atomic E-state index is 13.4. The third-order valence-electron chi connectivity index (χ3n) is 5.05. The highest BCUT2D eigenvalue weighted by atomic mass is 35.5. The van der Waals surface area contributed by atoms with Crippen LogP contribution in [0.4, 0.5) is 0 Å². The van der Waals surface area contributed by atoms with Crippen LogP contribution in [0.15, 0.2) is 52.9 Å². The molecular weight excluding hydrogens is 507 g/mol. The minimum absolute atomic E-state index is 0.00797. The van der Waals surface area contributed by atoms with Crippen molar-refractivity contribution in [3.63, 3.8) is 0 Å². The van der Waals surface area contributed by atoms with E-state index < -0.39 is 17.4 Å². The lowest BCUT2D eigenvalue weighted by molar-refractivity contribution is 0.101. The van der Waals surface area contributed by atoms with Gasteiger partial charge in [0.1, 0.15) is 11.3 Å². The minimum atomic E-state index is -0.616. The molecule has 0 spiro atoms. The van der Waals surface area contributed by atoms with Crippen LogP contribution in [0.25, 0.3) is 26.6 Å². The van der Waals surface area contributed by atoms with Crippen molar-refractivity contribution in [2.75, 3.05) is 0 Å². The van der Waals surface area contributed by atoms with E-state index in [9.17, 15) is 15.0 Å². The van der Waals surface area contributed by atoms with Crippen molar-refractivity contribution >= 4 is 62.1 Å². The highest BCUT2D eigenvalue weighted by Crippen LogP contribution is 2.46. The summed E-state index contributed by atoms with van der Waals surface area (Å²) in [5.74, 6) is -1.25. The summed E-state index contributed by atoms with van der Waals surface area (Å²) in [6.45, 7) is 1.70. The fourth-order valence-corrected chi connectivity index (χ4v) is 5.12. The van der Waals surface area contributed by atoms with Gasteiger partial charge < -0.3 is 14.6 Å². The number of hydrogen-bond acceptors (Lipinski definition) is 6. The van der Waals surface area contributed by atoms with E-state index in [-0.39, 0.29) is 22.0 Å². The molecular formula is C23H13Cl3N2O4S. The highest BCUT2D eigenvalue weighted by molar-refractivity contribution is 7.21. The number of fused-ring (bicyclic) bond motifs is 1. The minimum Gasteiger partial charge on any atom is -0.503 e.